The van der Waals surface area contributed by atoms with E-state index in [9.17, 15) is 0 Å². The van der Waals surface area contributed by atoms with Crippen molar-refractivity contribution in [1.29, 1.82) is 0 Å². The largest absolute Gasteiger partial charge is 0.348 e. The topological polar surface area (TPSA) is 55.0 Å². The quantitative estimate of drug-likeness (QED) is 0.943. The third kappa shape index (κ3) is 2.62. The van der Waals surface area contributed by atoms with E-state index in [1.54, 1.807) is 12.4 Å². The van der Waals surface area contributed by atoms with Crippen molar-refractivity contribution in [3.8, 4) is 0 Å². The Morgan fingerprint density at radius 1 is 1.25 bits per heavy atom. The summed E-state index contributed by atoms with van der Waals surface area (Å²) in [5.41, 5.74) is 8.09. The first-order valence-electron chi connectivity index (χ1n) is 6.81. The number of nitrogens with two attached hydrogens (primary N) is 1. The predicted octanol–water partition coefficient (Wildman–Crippen LogP) is 2.93. The van der Waals surface area contributed by atoms with Gasteiger partial charge >= 0.3 is 0 Å². The molecule has 1 fully saturated rings. The van der Waals surface area contributed by atoms with Gasteiger partial charge in [-0.3, -0.25) is 4.98 Å². The number of hydrogen-bond donors (Lipinski definition) is 1. The molecule has 1 atom stereocenters. The van der Waals surface area contributed by atoms with Crippen LogP contribution in [0.15, 0.2) is 36.7 Å². The molecule has 1 unspecified atom stereocenters. The second-order valence-electron chi connectivity index (χ2n) is 5.00. The van der Waals surface area contributed by atoms with Crippen molar-refractivity contribution in [2.24, 2.45) is 5.73 Å². The van der Waals surface area contributed by atoms with Crippen LogP contribution < -0.4 is 10.6 Å². The molecular formula is C15H17ClN4. The number of halogens is 1. The van der Waals surface area contributed by atoms with E-state index in [0.717, 1.165) is 30.8 Å². The molecule has 5 heteroatoms. The van der Waals surface area contributed by atoms with Gasteiger partial charge in [0.15, 0.2) is 0 Å². The molecule has 0 radical (unpaired) electrons. The lowest BCUT2D eigenvalue weighted by molar-refractivity contribution is 0.709. The molecule has 0 bridgehead atoms. The second-order valence-corrected chi connectivity index (χ2v) is 5.38. The van der Waals surface area contributed by atoms with E-state index < -0.39 is 0 Å². The zero-order valence-electron chi connectivity index (χ0n) is 11.2. The Hall–Kier alpha value is -1.65. The fourth-order valence-corrected chi connectivity index (χ4v) is 2.88. The van der Waals surface area contributed by atoms with Gasteiger partial charge in [-0.15, -0.1) is 0 Å². The summed E-state index contributed by atoms with van der Waals surface area (Å²) in [6.07, 6.45) is 5.61. The lowest BCUT2D eigenvalue weighted by Gasteiger charge is -2.26. The first-order valence-corrected chi connectivity index (χ1v) is 7.19. The van der Waals surface area contributed by atoms with Gasteiger partial charge in [-0.05, 0) is 24.0 Å². The third-order valence-corrected chi connectivity index (χ3v) is 3.92. The van der Waals surface area contributed by atoms with Gasteiger partial charge in [-0.1, -0.05) is 35.9 Å². The van der Waals surface area contributed by atoms with E-state index in [0.29, 0.717) is 17.7 Å². The average molecular weight is 289 g/mol. The minimum absolute atomic E-state index is 0.342. The van der Waals surface area contributed by atoms with Gasteiger partial charge in [0, 0.05) is 13.1 Å². The summed E-state index contributed by atoms with van der Waals surface area (Å²) in [4.78, 5) is 10.8. The van der Waals surface area contributed by atoms with Crippen LogP contribution in [0.4, 0.5) is 5.82 Å². The highest BCUT2D eigenvalue weighted by Gasteiger charge is 2.27. The Kier molecular flexibility index (Phi) is 3.85. The molecule has 2 N–H and O–H groups in total. The van der Waals surface area contributed by atoms with E-state index in [2.05, 4.69) is 39.1 Å². The van der Waals surface area contributed by atoms with Crippen LogP contribution in [0.1, 0.15) is 30.0 Å². The number of nitrogens with zero attached hydrogens (tertiary/aromatic N) is 3. The predicted molar refractivity (Wildman–Crippen MR) is 80.7 cm³/mol. The van der Waals surface area contributed by atoms with Crippen LogP contribution in [0.2, 0.25) is 5.15 Å². The minimum atomic E-state index is 0.342. The zero-order valence-corrected chi connectivity index (χ0v) is 11.9. The van der Waals surface area contributed by atoms with Crippen molar-refractivity contribution in [2.75, 3.05) is 11.4 Å². The highest BCUT2D eigenvalue weighted by Crippen LogP contribution is 2.35. The maximum atomic E-state index is 5.94. The van der Waals surface area contributed by atoms with Gasteiger partial charge in [0.25, 0.3) is 0 Å². The summed E-state index contributed by atoms with van der Waals surface area (Å²) in [5.74, 6) is 0.850. The normalized spacial score (nSPS) is 18.5. The highest BCUT2D eigenvalue weighted by atomic mass is 35.5. The molecule has 0 aliphatic carbocycles. The Bertz CT molecular complexity index is 585. The Balaban J connectivity index is 1.88. The molecule has 1 aliphatic heterocycles. The molecule has 1 aromatic heterocycles. The van der Waals surface area contributed by atoms with E-state index in [4.69, 9.17) is 17.3 Å². The lowest BCUT2D eigenvalue weighted by Crippen LogP contribution is -2.23. The van der Waals surface area contributed by atoms with E-state index in [1.807, 2.05) is 0 Å². The van der Waals surface area contributed by atoms with Crippen molar-refractivity contribution in [2.45, 2.75) is 25.4 Å². The summed E-state index contributed by atoms with van der Waals surface area (Å²) >= 11 is 5.94. The smallest absolute Gasteiger partial charge is 0.149 e. The molecule has 1 aromatic carbocycles. The minimum Gasteiger partial charge on any atom is -0.348 e. The lowest BCUT2D eigenvalue weighted by atomic mass is 10.0. The summed E-state index contributed by atoms with van der Waals surface area (Å²) in [6, 6.07) is 8.84. The van der Waals surface area contributed by atoms with Crippen molar-refractivity contribution in [1.82, 2.24) is 9.97 Å². The molecule has 1 aliphatic rings. The van der Waals surface area contributed by atoms with E-state index in [1.165, 1.54) is 5.56 Å². The van der Waals surface area contributed by atoms with Gasteiger partial charge in [-0.25, -0.2) is 4.98 Å². The number of benzene rings is 1. The summed E-state index contributed by atoms with van der Waals surface area (Å²) < 4.78 is 0. The van der Waals surface area contributed by atoms with Crippen LogP contribution in [0.3, 0.4) is 0 Å². The molecule has 3 rings (SSSR count). The molecule has 1 saturated heterocycles. The van der Waals surface area contributed by atoms with Crippen molar-refractivity contribution >= 4 is 17.4 Å². The number of anilines is 1. The van der Waals surface area contributed by atoms with Gasteiger partial charge in [-0.2, -0.15) is 0 Å². The van der Waals surface area contributed by atoms with Crippen LogP contribution >= 0.6 is 11.6 Å². The van der Waals surface area contributed by atoms with Crippen LogP contribution in [-0.2, 0) is 6.54 Å². The molecule has 2 heterocycles. The Morgan fingerprint density at radius 3 is 2.75 bits per heavy atom. The third-order valence-electron chi connectivity index (χ3n) is 3.74. The van der Waals surface area contributed by atoms with Gasteiger partial charge < -0.3 is 10.6 Å². The molecule has 20 heavy (non-hydrogen) atoms. The number of aromatic nitrogens is 2. The molecule has 104 valence electrons. The van der Waals surface area contributed by atoms with Gasteiger partial charge in [0.05, 0.1) is 18.4 Å². The summed E-state index contributed by atoms with van der Waals surface area (Å²) in [7, 11) is 0. The summed E-state index contributed by atoms with van der Waals surface area (Å²) in [6.45, 7) is 1.56. The molecule has 4 nitrogen and oxygen atoms in total. The van der Waals surface area contributed by atoms with Crippen molar-refractivity contribution in [3.05, 3.63) is 52.9 Å². The standard InChI is InChI=1S/C15H17ClN4/c16-14-9-18-10-15(19-14)20-7-1-2-13(20)12-5-3-11(8-17)4-6-12/h3-6,9-10,13H,1-2,7-8,17H2. The van der Waals surface area contributed by atoms with Crippen LogP contribution in [0.5, 0.6) is 0 Å². The second kappa shape index (κ2) is 5.77. The molecule has 0 amide bonds. The van der Waals surface area contributed by atoms with Crippen LogP contribution in [0, 0.1) is 0 Å². The zero-order chi connectivity index (χ0) is 13.9. The van der Waals surface area contributed by atoms with Crippen molar-refractivity contribution in [3.63, 3.8) is 0 Å². The van der Waals surface area contributed by atoms with Gasteiger partial charge in [0.1, 0.15) is 11.0 Å². The Labute approximate surface area is 123 Å². The fourth-order valence-electron chi connectivity index (χ4n) is 2.73. The molecule has 0 saturated carbocycles. The van der Waals surface area contributed by atoms with Gasteiger partial charge in [0.2, 0.25) is 0 Å². The molecule has 0 spiro atoms. The molecular weight excluding hydrogens is 272 g/mol. The number of rotatable bonds is 3. The maximum Gasteiger partial charge on any atom is 0.149 e. The summed E-state index contributed by atoms with van der Waals surface area (Å²) in [5, 5.41) is 0.437. The first-order chi connectivity index (χ1) is 9.78. The Morgan fingerprint density at radius 2 is 2.05 bits per heavy atom. The highest BCUT2D eigenvalue weighted by molar-refractivity contribution is 6.29. The van der Waals surface area contributed by atoms with Crippen LogP contribution in [0.25, 0.3) is 0 Å². The van der Waals surface area contributed by atoms with Crippen LogP contribution in [-0.4, -0.2) is 16.5 Å². The molecule has 2 aromatic rings. The van der Waals surface area contributed by atoms with E-state index in [-0.39, 0.29) is 0 Å². The van der Waals surface area contributed by atoms with Crippen molar-refractivity contribution < 1.29 is 0 Å². The fraction of sp³-hybridized carbons (Fsp3) is 0.333. The first kappa shape index (κ1) is 13.3. The number of hydrogen-bond acceptors (Lipinski definition) is 4. The monoisotopic (exact) mass is 288 g/mol. The average Bonchev–Trinajstić information content (AvgIpc) is 2.97. The van der Waals surface area contributed by atoms with E-state index >= 15 is 0 Å². The maximum absolute atomic E-state index is 5.94. The SMILES string of the molecule is NCc1ccc(C2CCCN2c2cncc(Cl)n2)cc1.